The maximum Gasteiger partial charge on any atom is 0.343 e. The van der Waals surface area contributed by atoms with E-state index in [2.05, 4.69) is 9.47 Å². The van der Waals surface area contributed by atoms with Crippen LogP contribution in [0, 0.1) is 0 Å². The normalized spacial score (nSPS) is 24.4. The van der Waals surface area contributed by atoms with E-state index in [0.29, 0.717) is 0 Å². The molecule has 3 atom stereocenters. The quantitative estimate of drug-likeness (QED) is 0.362. The van der Waals surface area contributed by atoms with Crippen molar-refractivity contribution in [2.24, 2.45) is 0 Å². The number of ketones is 1. The fourth-order valence-corrected chi connectivity index (χ4v) is 1.37. The Kier molecular flexibility index (Phi) is 4.38. The molecule has 18 heavy (non-hydrogen) atoms. The molecule has 1 aliphatic rings. The van der Waals surface area contributed by atoms with Crippen LogP contribution < -0.4 is 0 Å². The topological polar surface area (TPSA) is 116 Å². The number of rotatable bonds is 4. The van der Waals surface area contributed by atoms with Crippen LogP contribution in [0.2, 0.25) is 0 Å². The van der Waals surface area contributed by atoms with Crippen LogP contribution in [-0.2, 0) is 33.4 Å². The molecule has 100 valence electrons. The van der Waals surface area contributed by atoms with Crippen molar-refractivity contribution in [2.45, 2.75) is 32.2 Å². The number of hydrogen-bond acceptors (Lipinski definition) is 8. The molecule has 1 fully saturated rings. The van der Waals surface area contributed by atoms with Gasteiger partial charge in [0.25, 0.3) is 0 Å². The summed E-state index contributed by atoms with van der Waals surface area (Å²) in [6.07, 6.45) is -4.62. The first-order valence-corrected chi connectivity index (χ1v) is 5.05. The molecule has 0 spiro atoms. The van der Waals surface area contributed by atoms with Crippen LogP contribution in [0.25, 0.3) is 0 Å². The van der Waals surface area contributed by atoms with E-state index in [1.54, 1.807) is 0 Å². The molecule has 0 aromatic rings. The maximum atomic E-state index is 11.5. The van der Waals surface area contributed by atoms with Gasteiger partial charge in [-0.2, -0.15) is 0 Å². The van der Waals surface area contributed by atoms with Gasteiger partial charge >= 0.3 is 17.9 Å². The van der Waals surface area contributed by atoms with Crippen LogP contribution in [0.3, 0.4) is 0 Å². The molecular formula is C10H12O8. The third-order valence-corrected chi connectivity index (χ3v) is 2.12. The summed E-state index contributed by atoms with van der Waals surface area (Å²) >= 11 is 0. The zero-order valence-corrected chi connectivity index (χ0v) is 9.74. The first-order valence-electron chi connectivity index (χ1n) is 5.05. The van der Waals surface area contributed by atoms with Crippen LogP contribution >= 0.6 is 0 Å². The van der Waals surface area contributed by atoms with Gasteiger partial charge in [-0.15, -0.1) is 0 Å². The second kappa shape index (κ2) is 5.58. The molecule has 8 heteroatoms. The molecule has 1 aliphatic heterocycles. The fourth-order valence-electron chi connectivity index (χ4n) is 1.37. The SMILES string of the molecule is CC(=O)OCC(OC(C)=O)C1OC(=O)C(O)C1=O. The summed E-state index contributed by atoms with van der Waals surface area (Å²) < 4.78 is 13.9. The van der Waals surface area contributed by atoms with Gasteiger partial charge in [0.2, 0.25) is 18.0 Å². The molecule has 1 N–H and O–H groups in total. The zero-order chi connectivity index (χ0) is 13.9. The number of hydrogen-bond donors (Lipinski definition) is 1. The van der Waals surface area contributed by atoms with E-state index in [-0.39, 0.29) is 0 Å². The number of Topliss-reactive ketones (excluding diaryl/α,β-unsaturated/α-hetero) is 1. The van der Waals surface area contributed by atoms with Crippen molar-refractivity contribution in [3.63, 3.8) is 0 Å². The summed E-state index contributed by atoms with van der Waals surface area (Å²) in [7, 11) is 0. The van der Waals surface area contributed by atoms with Crippen LogP contribution in [0.4, 0.5) is 0 Å². The Hall–Kier alpha value is -1.96. The summed E-state index contributed by atoms with van der Waals surface area (Å²) in [4.78, 5) is 43.9. The molecule has 0 radical (unpaired) electrons. The molecule has 0 aliphatic carbocycles. The zero-order valence-electron chi connectivity index (χ0n) is 9.74. The minimum absolute atomic E-state index is 0.439. The van der Waals surface area contributed by atoms with Gasteiger partial charge in [-0.3, -0.25) is 14.4 Å². The Balaban J connectivity index is 2.76. The van der Waals surface area contributed by atoms with Crippen LogP contribution in [0.15, 0.2) is 0 Å². The van der Waals surface area contributed by atoms with Crippen molar-refractivity contribution in [3.05, 3.63) is 0 Å². The second-order valence-electron chi connectivity index (χ2n) is 3.61. The third-order valence-electron chi connectivity index (χ3n) is 2.12. The van der Waals surface area contributed by atoms with E-state index < -0.39 is 48.6 Å². The van der Waals surface area contributed by atoms with E-state index in [4.69, 9.17) is 9.84 Å². The minimum atomic E-state index is -1.90. The van der Waals surface area contributed by atoms with Crippen molar-refractivity contribution in [1.29, 1.82) is 0 Å². The second-order valence-corrected chi connectivity index (χ2v) is 3.61. The highest BCUT2D eigenvalue weighted by molar-refractivity contribution is 6.09. The van der Waals surface area contributed by atoms with E-state index in [1.165, 1.54) is 0 Å². The fraction of sp³-hybridized carbons (Fsp3) is 0.600. The lowest BCUT2D eigenvalue weighted by Gasteiger charge is -2.20. The number of ether oxygens (including phenoxy) is 3. The Morgan fingerprint density at radius 3 is 2.33 bits per heavy atom. The molecule has 0 amide bonds. The molecule has 0 saturated carbocycles. The minimum Gasteiger partial charge on any atom is -0.462 e. The summed E-state index contributed by atoms with van der Waals surface area (Å²) in [5.74, 6) is -3.44. The van der Waals surface area contributed by atoms with Gasteiger partial charge in [0, 0.05) is 13.8 Å². The molecular weight excluding hydrogens is 248 g/mol. The Labute approximate surface area is 102 Å². The number of esters is 3. The molecule has 1 rings (SSSR count). The molecule has 8 nitrogen and oxygen atoms in total. The van der Waals surface area contributed by atoms with Crippen LogP contribution in [0.1, 0.15) is 13.8 Å². The van der Waals surface area contributed by atoms with Crippen molar-refractivity contribution in [1.82, 2.24) is 0 Å². The third kappa shape index (κ3) is 3.27. The number of aliphatic hydroxyl groups excluding tert-OH is 1. The predicted octanol–water partition coefficient (Wildman–Crippen LogP) is -1.66. The maximum absolute atomic E-state index is 11.5. The highest BCUT2D eigenvalue weighted by atomic mass is 16.6. The summed E-state index contributed by atoms with van der Waals surface area (Å²) in [6.45, 7) is 1.77. The van der Waals surface area contributed by atoms with Gasteiger partial charge in [0.15, 0.2) is 6.10 Å². The Morgan fingerprint density at radius 1 is 1.33 bits per heavy atom. The summed E-state index contributed by atoms with van der Waals surface area (Å²) in [6, 6.07) is 0. The molecule has 3 unspecified atom stereocenters. The monoisotopic (exact) mass is 260 g/mol. The van der Waals surface area contributed by atoms with Gasteiger partial charge in [0.1, 0.15) is 6.61 Å². The summed E-state index contributed by atoms with van der Waals surface area (Å²) in [5.41, 5.74) is 0. The number of carbonyl (C=O) groups excluding carboxylic acids is 4. The standard InChI is InChI=1S/C10H12O8/c1-4(11)16-3-6(17-5(2)12)9-7(13)8(14)10(15)18-9/h6,8-9,14H,3H2,1-2H3. The largest absolute Gasteiger partial charge is 0.462 e. The van der Waals surface area contributed by atoms with Gasteiger partial charge in [-0.05, 0) is 0 Å². The lowest BCUT2D eigenvalue weighted by molar-refractivity contribution is -0.169. The number of carbonyl (C=O) groups is 4. The van der Waals surface area contributed by atoms with Crippen molar-refractivity contribution < 1.29 is 38.5 Å². The van der Waals surface area contributed by atoms with E-state index >= 15 is 0 Å². The van der Waals surface area contributed by atoms with Crippen molar-refractivity contribution in [3.8, 4) is 0 Å². The van der Waals surface area contributed by atoms with Crippen LogP contribution in [0.5, 0.6) is 0 Å². The number of cyclic esters (lactones) is 1. The number of aliphatic hydroxyl groups is 1. The van der Waals surface area contributed by atoms with E-state index in [1.807, 2.05) is 0 Å². The van der Waals surface area contributed by atoms with Gasteiger partial charge < -0.3 is 19.3 Å². The van der Waals surface area contributed by atoms with Gasteiger partial charge in [-0.25, -0.2) is 4.79 Å². The Morgan fingerprint density at radius 2 is 1.94 bits per heavy atom. The first-order chi connectivity index (χ1) is 8.32. The van der Waals surface area contributed by atoms with Gasteiger partial charge in [0.05, 0.1) is 0 Å². The lowest BCUT2D eigenvalue weighted by Crippen LogP contribution is -2.40. The van der Waals surface area contributed by atoms with Gasteiger partial charge in [-0.1, -0.05) is 0 Å². The Bertz CT molecular complexity index is 387. The molecule has 1 heterocycles. The summed E-state index contributed by atoms with van der Waals surface area (Å²) in [5, 5.41) is 9.12. The lowest BCUT2D eigenvalue weighted by atomic mass is 10.1. The smallest absolute Gasteiger partial charge is 0.343 e. The van der Waals surface area contributed by atoms with E-state index in [0.717, 1.165) is 13.8 Å². The molecule has 0 aromatic carbocycles. The van der Waals surface area contributed by atoms with E-state index in [9.17, 15) is 19.2 Å². The predicted molar refractivity (Wildman–Crippen MR) is 53.1 cm³/mol. The highest BCUT2D eigenvalue weighted by Crippen LogP contribution is 2.17. The average Bonchev–Trinajstić information content (AvgIpc) is 2.51. The van der Waals surface area contributed by atoms with Crippen LogP contribution in [-0.4, -0.2) is 53.7 Å². The molecule has 1 saturated heterocycles. The molecule has 0 bridgehead atoms. The molecule has 0 aromatic heterocycles. The highest BCUT2D eigenvalue weighted by Gasteiger charge is 2.48. The van der Waals surface area contributed by atoms with Crippen molar-refractivity contribution in [2.75, 3.05) is 6.61 Å². The van der Waals surface area contributed by atoms with Crippen molar-refractivity contribution >= 4 is 23.7 Å². The average molecular weight is 260 g/mol. The first kappa shape index (κ1) is 14.1.